The maximum absolute atomic E-state index is 5.70. The van der Waals surface area contributed by atoms with Gasteiger partial charge < -0.3 is 14.8 Å². The first-order valence-corrected chi connectivity index (χ1v) is 7.09. The molecule has 3 heteroatoms. The van der Waals surface area contributed by atoms with E-state index < -0.39 is 0 Å². The summed E-state index contributed by atoms with van der Waals surface area (Å²) in [6, 6.07) is 0.620. The van der Waals surface area contributed by atoms with Crippen molar-refractivity contribution in [3.05, 3.63) is 0 Å². The van der Waals surface area contributed by atoms with Gasteiger partial charge in [0.25, 0.3) is 0 Å². The maximum Gasteiger partial charge on any atom is 0.0641 e. The highest BCUT2D eigenvalue weighted by atomic mass is 16.5. The van der Waals surface area contributed by atoms with E-state index in [9.17, 15) is 0 Å². The Morgan fingerprint density at radius 2 is 2.06 bits per heavy atom. The van der Waals surface area contributed by atoms with E-state index in [1.165, 1.54) is 12.8 Å². The number of ether oxygens (including phenoxy) is 2. The zero-order valence-electron chi connectivity index (χ0n) is 11.8. The van der Waals surface area contributed by atoms with Gasteiger partial charge in [-0.15, -0.1) is 0 Å². The minimum atomic E-state index is 0.0491. The van der Waals surface area contributed by atoms with Gasteiger partial charge in [0.15, 0.2) is 0 Å². The van der Waals surface area contributed by atoms with Crippen molar-refractivity contribution in [3.63, 3.8) is 0 Å². The minimum absolute atomic E-state index is 0.0491. The van der Waals surface area contributed by atoms with Crippen LogP contribution in [0.1, 0.15) is 52.9 Å². The van der Waals surface area contributed by atoms with Gasteiger partial charge >= 0.3 is 0 Å². The summed E-state index contributed by atoms with van der Waals surface area (Å²) >= 11 is 0. The molecule has 1 atom stereocenters. The number of hydrogen-bond acceptors (Lipinski definition) is 3. The zero-order valence-corrected chi connectivity index (χ0v) is 11.8. The van der Waals surface area contributed by atoms with Gasteiger partial charge in [-0.1, -0.05) is 13.3 Å². The molecule has 1 fully saturated rings. The van der Waals surface area contributed by atoms with Gasteiger partial charge in [0, 0.05) is 25.9 Å². The second kappa shape index (κ2) is 8.06. The van der Waals surface area contributed by atoms with E-state index in [0.29, 0.717) is 6.04 Å². The number of unbranched alkanes of at least 4 members (excludes halogenated alkanes) is 1. The van der Waals surface area contributed by atoms with Crippen molar-refractivity contribution in [2.24, 2.45) is 0 Å². The zero-order chi connectivity index (χ0) is 12.6. The predicted octanol–water partition coefficient (Wildman–Crippen LogP) is 2.74. The van der Waals surface area contributed by atoms with Crippen molar-refractivity contribution in [1.29, 1.82) is 0 Å². The van der Waals surface area contributed by atoms with E-state index >= 15 is 0 Å². The predicted molar refractivity (Wildman–Crippen MR) is 71.4 cm³/mol. The van der Waals surface area contributed by atoms with E-state index in [0.717, 1.165) is 45.6 Å². The van der Waals surface area contributed by atoms with Crippen molar-refractivity contribution in [1.82, 2.24) is 5.32 Å². The Labute approximate surface area is 106 Å². The molecule has 0 bridgehead atoms. The molecule has 1 unspecified atom stereocenters. The van der Waals surface area contributed by atoms with Gasteiger partial charge in [0.2, 0.25) is 0 Å². The molecule has 1 heterocycles. The monoisotopic (exact) mass is 243 g/mol. The Morgan fingerprint density at radius 3 is 2.76 bits per heavy atom. The summed E-state index contributed by atoms with van der Waals surface area (Å²) in [5.41, 5.74) is 0.0491. The van der Waals surface area contributed by atoms with Crippen LogP contribution in [-0.2, 0) is 9.47 Å². The molecule has 1 rings (SSSR count). The fourth-order valence-electron chi connectivity index (χ4n) is 2.23. The largest absolute Gasteiger partial charge is 0.381 e. The Bertz CT molecular complexity index is 195. The quantitative estimate of drug-likeness (QED) is 0.665. The lowest BCUT2D eigenvalue weighted by Gasteiger charge is -2.36. The van der Waals surface area contributed by atoms with E-state index in [1.54, 1.807) is 0 Å². The Hall–Kier alpha value is -0.120. The summed E-state index contributed by atoms with van der Waals surface area (Å²) in [5, 5.41) is 3.61. The van der Waals surface area contributed by atoms with Gasteiger partial charge in [0.1, 0.15) is 0 Å². The molecule has 0 saturated carbocycles. The molecule has 0 aromatic carbocycles. The van der Waals surface area contributed by atoms with Crippen LogP contribution in [0.3, 0.4) is 0 Å². The summed E-state index contributed by atoms with van der Waals surface area (Å²) in [5.74, 6) is 0. The normalized spacial score (nSPS) is 23.8. The van der Waals surface area contributed by atoms with Crippen LogP contribution >= 0.6 is 0 Å². The van der Waals surface area contributed by atoms with E-state index in [-0.39, 0.29) is 5.60 Å². The van der Waals surface area contributed by atoms with Crippen LogP contribution in [0.5, 0.6) is 0 Å². The van der Waals surface area contributed by atoms with E-state index in [2.05, 4.69) is 26.1 Å². The standard InChI is InChI=1S/C14H29NO2/c1-4-5-9-16-10-6-8-15-13-7-11-17-14(2,3)12-13/h13,15H,4-12H2,1-3H3. The molecular weight excluding hydrogens is 214 g/mol. The number of nitrogens with one attached hydrogen (secondary N) is 1. The Balaban J connectivity index is 1.95. The highest BCUT2D eigenvalue weighted by Crippen LogP contribution is 2.23. The Kier molecular flexibility index (Phi) is 7.09. The van der Waals surface area contributed by atoms with Crippen LogP contribution in [0.25, 0.3) is 0 Å². The lowest BCUT2D eigenvalue weighted by Crippen LogP contribution is -2.44. The van der Waals surface area contributed by atoms with Crippen LogP contribution in [0.15, 0.2) is 0 Å². The maximum atomic E-state index is 5.70. The molecule has 1 aliphatic heterocycles. The summed E-state index contributed by atoms with van der Waals surface area (Å²) in [4.78, 5) is 0. The molecular formula is C14H29NO2. The fraction of sp³-hybridized carbons (Fsp3) is 1.00. The average Bonchev–Trinajstić information content (AvgIpc) is 2.27. The third kappa shape index (κ3) is 7.02. The van der Waals surface area contributed by atoms with Gasteiger partial charge in [-0.2, -0.15) is 0 Å². The van der Waals surface area contributed by atoms with Gasteiger partial charge in [-0.05, 0) is 46.1 Å². The summed E-state index contributed by atoms with van der Waals surface area (Å²) in [6.45, 7) is 10.3. The second-order valence-electron chi connectivity index (χ2n) is 5.57. The van der Waals surface area contributed by atoms with E-state index in [4.69, 9.17) is 9.47 Å². The molecule has 1 N–H and O–H groups in total. The van der Waals surface area contributed by atoms with Crippen LogP contribution in [0.2, 0.25) is 0 Å². The van der Waals surface area contributed by atoms with Crippen LogP contribution < -0.4 is 5.32 Å². The molecule has 0 spiro atoms. The molecule has 17 heavy (non-hydrogen) atoms. The fourth-order valence-corrected chi connectivity index (χ4v) is 2.23. The summed E-state index contributed by atoms with van der Waals surface area (Å²) in [7, 11) is 0. The molecule has 0 radical (unpaired) electrons. The van der Waals surface area contributed by atoms with Gasteiger partial charge in [-0.25, -0.2) is 0 Å². The van der Waals surface area contributed by atoms with Crippen molar-refractivity contribution < 1.29 is 9.47 Å². The number of rotatable bonds is 8. The van der Waals surface area contributed by atoms with Crippen LogP contribution in [-0.4, -0.2) is 38.0 Å². The number of hydrogen-bond donors (Lipinski definition) is 1. The molecule has 1 aliphatic rings. The minimum Gasteiger partial charge on any atom is -0.381 e. The van der Waals surface area contributed by atoms with Crippen molar-refractivity contribution in [3.8, 4) is 0 Å². The smallest absolute Gasteiger partial charge is 0.0641 e. The van der Waals surface area contributed by atoms with Crippen molar-refractivity contribution in [2.45, 2.75) is 64.5 Å². The van der Waals surface area contributed by atoms with Gasteiger partial charge in [-0.3, -0.25) is 0 Å². The molecule has 0 aliphatic carbocycles. The first-order valence-electron chi connectivity index (χ1n) is 7.09. The molecule has 102 valence electrons. The van der Waals surface area contributed by atoms with Crippen molar-refractivity contribution >= 4 is 0 Å². The molecule has 3 nitrogen and oxygen atoms in total. The third-order valence-corrected chi connectivity index (χ3v) is 3.24. The second-order valence-corrected chi connectivity index (χ2v) is 5.57. The average molecular weight is 243 g/mol. The van der Waals surface area contributed by atoms with E-state index in [1.807, 2.05) is 0 Å². The summed E-state index contributed by atoms with van der Waals surface area (Å²) in [6.07, 6.45) is 5.77. The van der Waals surface area contributed by atoms with Crippen LogP contribution in [0, 0.1) is 0 Å². The topological polar surface area (TPSA) is 30.5 Å². The highest BCUT2D eigenvalue weighted by Gasteiger charge is 2.28. The molecule has 0 aromatic heterocycles. The SMILES string of the molecule is CCCCOCCCNC1CCOC(C)(C)C1. The molecule has 0 aromatic rings. The Morgan fingerprint density at radius 1 is 1.29 bits per heavy atom. The molecule has 1 saturated heterocycles. The lowest BCUT2D eigenvalue weighted by molar-refractivity contribution is -0.0629. The third-order valence-electron chi connectivity index (χ3n) is 3.24. The first kappa shape index (κ1) is 14.9. The molecule has 0 amide bonds. The first-order chi connectivity index (χ1) is 8.14. The highest BCUT2D eigenvalue weighted by molar-refractivity contribution is 4.82. The van der Waals surface area contributed by atoms with Crippen molar-refractivity contribution in [2.75, 3.05) is 26.4 Å². The lowest BCUT2D eigenvalue weighted by atomic mass is 9.94. The van der Waals surface area contributed by atoms with Gasteiger partial charge in [0.05, 0.1) is 5.60 Å². The summed E-state index contributed by atoms with van der Waals surface area (Å²) < 4.78 is 11.2. The van der Waals surface area contributed by atoms with Crippen LogP contribution in [0.4, 0.5) is 0 Å².